The Bertz CT molecular complexity index is 1120. The van der Waals surface area contributed by atoms with Crippen LogP contribution in [0.1, 0.15) is 30.4 Å². The van der Waals surface area contributed by atoms with Crippen LogP contribution in [0.4, 0.5) is 0 Å². The lowest BCUT2D eigenvalue weighted by Crippen LogP contribution is -2.03. The fourth-order valence-corrected chi connectivity index (χ4v) is 3.41. The van der Waals surface area contributed by atoms with Crippen LogP contribution in [0.2, 0.25) is 0 Å². The topological polar surface area (TPSA) is 75.2 Å². The molecule has 29 heavy (non-hydrogen) atoms. The highest BCUT2D eigenvalue weighted by molar-refractivity contribution is 5.93. The number of aromatic nitrogens is 2. The third-order valence-electron chi connectivity index (χ3n) is 5.01. The first-order chi connectivity index (χ1) is 14.1. The number of carboxylic acids is 1. The predicted molar refractivity (Wildman–Crippen MR) is 113 cm³/mol. The SMILES string of the molecule is CC(CC(=O)O)c1ccc(OCc2ccc3c(-c4ccccc4)n[nH]c3c2)cc1. The standard InChI is InChI=1S/C24H22N2O3/c1-16(13-23(27)28)18-8-10-20(11-9-18)29-15-17-7-12-21-22(14-17)25-26-24(21)19-5-3-2-4-6-19/h2-12,14,16H,13,15H2,1H3,(H,25,26)(H,27,28). The molecule has 1 atom stereocenters. The molecule has 0 saturated heterocycles. The molecule has 0 bridgehead atoms. The van der Waals surface area contributed by atoms with Gasteiger partial charge in [-0.3, -0.25) is 9.89 Å². The number of benzene rings is 3. The van der Waals surface area contributed by atoms with Crippen molar-refractivity contribution in [1.29, 1.82) is 0 Å². The molecule has 5 nitrogen and oxygen atoms in total. The van der Waals surface area contributed by atoms with Crippen LogP contribution in [-0.2, 0) is 11.4 Å². The largest absolute Gasteiger partial charge is 0.489 e. The van der Waals surface area contributed by atoms with E-state index >= 15 is 0 Å². The van der Waals surface area contributed by atoms with E-state index in [2.05, 4.69) is 22.3 Å². The summed E-state index contributed by atoms with van der Waals surface area (Å²) in [6.07, 6.45) is 0.120. The minimum absolute atomic E-state index is 0.0249. The van der Waals surface area contributed by atoms with Crippen molar-refractivity contribution < 1.29 is 14.6 Å². The van der Waals surface area contributed by atoms with Crippen molar-refractivity contribution in [2.75, 3.05) is 0 Å². The molecule has 0 aliphatic carbocycles. The zero-order valence-electron chi connectivity index (χ0n) is 16.1. The molecule has 0 radical (unpaired) electrons. The number of fused-ring (bicyclic) bond motifs is 1. The van der Waals surface area contributed by atoms with Gasteiger partial charge in [-0.1, -0.05) is 61.5 Å². The zero-order valence-corrected chi connectivity index (χ0v) is 16.1. The molecular weight excluding hydrogens is 364 g/mol. The van der Waals surface area contributed by atoms with Crippen molar-refractivity contribution in [1.82, 2.24) is 10.2 Å². The maximum Gasteiger partial charge on any atom is 0.303 e. The van der Waals surface area contributed by atoms with Gasteiger partial charge in [0.25, 0.3) is 0 Å². The van der Waals surface area contributed by atoms with Gasteiger partial charge in [0.2, 0.25) is 0 Å². The second-order valence-electron chi connectivity index (χ2n) is 7.17. The van der Waals surface area contributed by atoms with E-state index in [1.807, 2.05) is 67.6 Å². The molecule has 4 aromatic rings. The average Bonchev–Trinajstić information content (AvgIpc) is 3.16. The van der Waals surface area contributed by atoms with Gasteiger partial charge in [0.1, 0.15) is 12.4 Å². The van der Waals surface area contributed by atoms with Gasteiger partial charge in [0.15, 0.2) is 0 Å². The quantitative estimate of drug-likeness (QED) is 0.447. The van der Waals surface area contributed by atoms with Crippen molar-refractivity contribution >= 4 is 16.9 Å². The second kappa shape index (κ2) is 8.19. The van der Waals surface area contributed by atoms with Crippen LogP contribution in [0.3, 0.4) is 0 Å². The number of H-pyrrole nitrogens is 1. The Morgan fingerprint density at radius 1 is 1.07 bits per heavy atom. The normalized spacial score (nSPS) is 12.0. The monoisotopic (exact) mass is 386 g/mol. The van der Waals surface area contributed by atoms with Gasteiger partial charge in [-0.15, -0.1) is 0 Å². The molecule has 5 heteroatoms. The van der Waals surface area contributed by atoms with Crippen LogP contribution in [-0.4, -0.2) is 21.3 Å². The maximum atomic E-state index is 10.9. The molecule has 0 fully saturated rings. The van der Waals surface area contributed by atoms with Crippen LogP contribution in [0, 0.1) is 0 Å². The third-order valence-corrected chi connectivity index (χ3v) is 5.01. The zero-order chi connectivity index (χ0) is 20.2. The van der Waals surface area contributed by atoms with E-state index in [4.69, 9.17) is 9.84 Å². The number of carbonyl (C=O) groups is 1. The van der Waals surface area contributed by atoms with E-state index in [1.165, 1.54) is 0 Å². The number of ether oxygens (including phenoxy) is 1. The molecule has 3 aromatic carbocycles. The number of hydrogen-bond acceptors (Lipinski definition) is 3. The maximum absolute atomic E-state index is 10.9. The van der Waals surface area contributed by atoms with Gasteiger partial charge in [0, 0.05) is 10.9 Å². The van der Waals surface area contributed by atoms with Crippen LogP contribution >= 0.6 is 0 Å². The number of aliphatic carboxylic acids is 1. The van der Waals surface area contributed by atoms with Gasteiger partial charge < -0.3 is 9.84 Å². The minimum Gasteiger partial charge on any atom is -0.489 e. The van der Waals surface area contributed by atoms with E-state index < -0.39 is 5.97 Å². The van der Waals surface area contributed by atoms with E-state index in [-0.39, 0.29) is 12.3 Å². The summed E-state index contributed by atoms with van der Waals surface area (Å²) in [5.74, 6) is -0.0588. The molecule has 1 heterocycles. The van der Waals surface area contributed by atoms with Crippen LogP contribution < -0.4 is 4.74 Å². The van der Waals surface area contributed by atoms with Crippen molar-refractivity contribution in [3.05, 3.63) is 83.9 Å². The van der Waals surface area contributed by atoms with Crippen molar-refractivity contribution in [3.8, 4) is 17.0 Å². The summed E-state index contributed by atoms with van der Waals surface area (Å²) >= 11 is 0. The second-order valence-corrected chi connectivity index (χ2v) is 7.17. The predicted octanol–water partition coefficient (Wildman–Crippen LogP) is 5.39. The Morgan fingerprint density at radius 2 is 1.83 bits per heavy atom. The number of nitrogens with one attached hydrogen (secondary N) is 1. The van der Waals surface area contributed by atoms with Crippen LogP contribution in [0.25, 0.3) is 22.2 Å². The first-order valence-electron chi connectivity index (χ1n) is 9.57. The molecule has 0 aliphatic rings. The Balaban J connectivity index is 1.44. The van der Waals surface area contributed by atoms with E-state index in [0.29, 0.717) is 6.61 Å². The molecule has 0 aliphatic heterocycles. The van der Waals surface area contributed by atoms with Crippen LogP contribution in [0.5, 0.6) is 5.75 Å². The Labute approximate surface area is 169 Å². The third kappa shape index (κ3) is 4.29. The highest BCUT2D eigenvalue weighted by Gasteiger charge is 2.11. The molecule has 0 spiro atoms. The average molecular weight is 386 g/mol. The summed E-state index contributed by atoms with van der Waals surface area (Å²) in [4.78, 5) is 10.9. The number of nitrogens with zero attached hydrogens (tertiary/aromatic N) is 1. The summed E-state index contributed by atoms with van der Waals surface area (Å²) in [5, 5.41) is 17.6. The lowest BCUT2D eigenvalue weighted by atomic mass is 9.98. The van der Waals surface area contributed by atoms with E-state index in [9.17, 15) is 4.79 Å². The Hall–Kier alpha value is -3.60. The highest BCUT2D eigenvalue weighted by Crippen LogP contribution is 2.27. The number of rotatable bonds is 7. The molecular formula is C24H22N2O3. The molecule has 146 valence electrons. The highest BCUT2D eigenvalue weighted by atomic mass is 16.5. The fourth-order valence-electron chi connectivity index (χ4n) is 3.41. The van der Waals surface area contributed by atoms with Gasteiger partial charge in [-0.2, -0.15) is 5.10 Å². The summed E-state index contributed by atoms with van der Waals surface area (Å²) in [7, 11) is 0. The number of hydrogen-bond donors (Lipinski definition) is 2. The lowest BCUT2D eigenvalue weighted by molar-refractivity contribution is -0.137. The first-order valence-corrected chi connectivity index (χ1v) is 9.57. The summed E-state index contributed by atoms with van der Waals surface area (Å²) in [5.41, 5.74) is 5.04. The van der Waals surface area contributed by atoms with Crippen LogP contribution in [0.15, 0.2) is 72.8 Å². The lowest BCUT2D eigenvalue weighted by Gasteiger charge is -2.11. The first kappa shape index (κ1) is 18.7. The van der Waals surface area contributed by atoms with Gasteiger partial charge in [-0.25, -0.2) is 0 Å². The van der Waals surface area contributed by atoms with Gasteiger partial charge in [-0.05, 0) is 35.2 Å². The summed E-state index contributed by atoms with van der Waals surface area (Å²) in [6.45, 7) is 2.35. The van der Waals surface area contributed by atoms with E-state index in [1.54, 1.807) is 0 Å². The van der Waals surface area contributed by atoms with Crippen molar-refractivity contribution in [3.63, 3.8) is 0 Å². The fraction of sp³-hybridized carbons (Fsp3) is 0.167. The molecule has 1 aromatic heterocycles. The van der Waals surface area contributed by atoms with Gasteiger partial charge >= 0.3 is 5.97 Å². The Morgan fingerprint density at radius 3 is 2.55 bits per heavy atom. The molecule has 0 saturated carbocycles. The summed E-state index contributed by atoms with van der Waals surface area (Å²) < 4.78 is 5.90. The smallest absolute Gasteiger partial charge is 0.303 e. The van der Waals surface area contributed by atoms with Gasteiger partial charge in [0.05, 0.1) is 17.6 Å². The Kier molecular flexibility index (Phi) is 5.29. The molecule has 0 amide bonds. The molecule has 2 N–H and O–H groups in total. The minimum atomic E-state index is -0.789. The van der Waals surface area contributed by atoms with Crippen molar-refractivity contribution in [2.24, 2.45) is 0 Å². The number of carboxylic acid groups (broad SMARTS) is 1. The van der Waals surface area contributed by atoms with E-state index in [0.717, 1.165) is 39.0 Å². The molecule has 4 rings (SSSR count). The number of aromatic amines is 1. The molecule has 1 unspecified atom stereocenters. The van der Waals surface area contributed by atoms with Crippen molar-refractivity contribution in [2.45, 2.75) is 25.9 Å². The summed E-state index contributed by atoms with van der Waals surface area (Å²) in [6, 6.07) is 23.9.